The fraction of sp³-hybridized carbons (Fsp3) is 0.658. The van der Waals surface area contributed by atoms with Gasteiger partial charge in [-0.2, -0.15) is 13.8 Å². The van der Waals surface area contributed by atoms with Gasteiger partial charge in [-0.1, -0.05) is 12.8 Å². The number of benzene rings is 1. The number of aromatic nitrogens is 2. The number of anilines is 4. The monoisotopic (exact) mass is 753 g/mol. The number of hydrazine groups is 1. The summed E-state index contributed by atoms with van der Waals surface area (Å²) in [6.45, 7) is 9.99. The molecule has 2 aromatic rings. The number of halogens is 2. The number of likely N-dealkylation sites (tertiary alicyclic amines) is 2. The summed E-state index contributed by atoms with van der Waals surface area (Å²) in [5.41, 5.74) is 3.98. The van der Waals surface area contributed by atoms with Crippen molar-refractivity contribution in [2.45, 2.75) is 95.7 Å². The van der Waals surface area contributed by atoms with Crippen molar-refractivity contribution in [3.8, 4) is 5.75 Å². The molecule has 1 aromatic heterocycles. The van der Waals surface area contributed by atoms with Gasteiger partial charge in [0.15, 0.2) is 5.82 Å². The van der Waals surface area contributed by atoms with Crippen LogP contribution in [0.1, 0.15) is 82.5 Å². The Labute approximate surface area is 315 Å². The average Bonchev–Trinajstić information content (AvgIpc) is 3.65. The Morgan fingerprint density at radius 2 is 1.65 bits per heavy atom. The van der Waals surface area contributed by atoms with E-state index in [1.165, 1.54) is 20.4 Å². The van der Waals surface area contributed by atoms with Crippen molar-refractivity contribution in [3.05, 3.63) is 30.0 Å². The molecule has 5 heterocycles. The number of piperidine rings is 2. The number of methoxy groups -OCH3 is 1. The van der Waals surface area contributed by atoms with Crippen LogP contribution >= 0.6 is 0 Å². The van der Waals surface area contributed by atoms with Gasteiger partial charge in [-0.3, -0.25) is 19.9 Å². The second-order valence-electron chi connectivity index (χ2n) is 16.6. The number of hydrogen-bond acceptors (Lipinski definition) is 11. The molecule has 1 saturated carbocycles. The van der Waals surface area contributed by atoms with E-state index in [0.29, 0.717) is 23.0 Å². The molecular formula is C38H53F2N9O5. The number of amides is 3. The van der Waals surface area contributed by atoms with E-state index in [0.717, 1.165) is 95.5 Å². The molecule has 0 radical (unpaired) electrons. The van der Waals surface area contributed by atoms with Crippen LogP contribution in [0.3, 0.4) is 0 Å². The van der Waals surface area contributed by atoms with Gasteiger partial charge in [-0.25, -0.2) is 14.8 Å². The van der Waals surface area contributed by atoms with Gasteiger partial charge in [0.2, 0.25) is 5.95 Å². The predicted octanol–water partition coefficient (Wildman–Crippen LogP) is 5.03. The minimum atomic E-state index is -3.57. The number of hydrogen-bond donors (Lipinski definition) is 2. The first-order valence-corrected chi connectivity index (χ1v) is 19.2. The van der Waals surface area contributed by atoms with Crippen molar-refractivity contribution < 1.29 is 32.6 Å². The third-order valence-electron chi connectivity index (χ3n) is 11.6. The lowest BCUT2D eigenvalue weighted by molar-refractivity contribution is -0.140. The van der Waals surface area contributed by atoms with Gasteiger partial charge in [0.05, 0.1) is 25.5 Å². The third kappa shape index (κ3) is 7.90. The molecule has 0 bridgehead atoms. The molecule has 2 N–H and O–H groups in total. The van der Waals surface area contributed by atoms with E-state index >= 15 is 8.78 Å². The number of alkyl halides is 2. The van der Waals surface area contributed by atoms with Crippen LogP contribution in [0.5, 0.6) is 5.75 Å². The highest BCUT2D eigenvalue weighted by molar-refractivity contribution is 6.02. The summed E-state index contributed by atoms with van der Waals surface area (Å²) >= 11 is 0. The summed E-state index contributed by atoms with van der Waals surface area (Å²) in [5, 5.41) is 5.10. The smallest absolute Gasteiger partial charge is 0.410 e. The number of nitrogens with zero attached hydrogens (tertiary/aromatic N) is 7. The predicted molar refractivity (Wildman–Crippen MR) is 199 cm³/mol. The molecule has 54 heavy (non-hydrogen) atoms. The van der Waals surface area contributed by atoms with E-state index in [2.05, 4.69) is 25.6 Å². The molecule has 7 rings (SSSR count). The van der Waals surface area contributed by atoms with Crippen LogP contribution < -0.4 is 25.3 Å². The Bertz CT molecular complexity index is 1730. The van der Waals surface area contributed by atoms with Crippen LogP contribution in [-0.4, -0.2) is 126 Å². The summed E-state index contributed by atoms with van der Waals surface area (Å²) in [5.74, 6) is -4.28. The zero-order valence-electron chi connectivity index (χ0n) is 32.0. The third-order valence-corrected chi connectivity index (χ3v) is 11.6. The van der Waals surface area contributed by atoms with Crippen molar-refractivity contribution in [3.63, 3.8) is 0 Å². The summed E-state index contributed by atoms with van der Waals surface area (Å²) in [6.07, 6.45) is 8.41. The maximum absolute atomic E-state index is 15.0. The van der Waals surface area contributed by atoms with Gasteiger partial charge in [-0.15, -0.1) is 0 Å². The lowest BCUT2D eigenvalue weighted by atomic mass is 9.71. The average molecular weight is 754 g/mol. The molecule has 1 aromatic carbocycles. The van der Waals surface area contributed by atoms with E-state index in [1.54, 1.807) is 23.1 Å². The number of rotatable bonds is 7. The van der Waals surface area contributed by atoms with Crippen LogP contribution in [0.2, 0.25) is 0 Å². The van der Waals surface area contributed by atoms with Crippen LogP contribution in [0.25, 0.3) is 0 Å². The zero-order valence-corrected chi connectivity index (χ0v) is 32.0. The second kappa shape index (κ2) is 14.7. The Balaban J connectivity index is 0.926. The summed E-state index contributed by atoms with van der Waals surface area (Å²) in [6, 6.07) is 5.34. The Kier molecular flexibility index (Phi) is 10.4. The number of carbonyl (C=O) groups excluding carboxylic acids is 3. The highest BCUT2D eigenvalue weighted by atomic mass is 19.3. The summed E-state index contributed by atoms with van der Waals surface area (Å²) in [4.78, 5) is 54.4. The maximum Gasteiger partial charge on any atom is 0.410 e. The molecular weight excluding hydrogens is 700 g/mol. The Morgan fingerprint density at radius 3 is 2.30 bits per heavy atom. The molecule has 294 valence electrons. The van der Waals surface area contributed by atoms with Crippen molar-refractivity contribution in [2.24, 2.45) is 5.41 Å². The van der Waals surface area contributed by atoms with Crippen LogP contribution in [-0.2, 0) is 9.53 Å². The maximum atomic E-state index is 15.0. The first kappa shape index (κ1) is 38.0. The zero-order chi connectivity index (χ0) is 38.4. The van der Waals surface area contributed by atoms with E-state index in [-0.39, 0.29) is 40.9 Å². The van der Waals surface area contributed by atoms with E-state index in [1.807, 2.05) is 30.7 Å². The molecule has 16 heteroatoms. The summed E-state index contributed by atoms with van der Waals surface area (Å²) in [7, 11) is 2.82. The highest BCUT2D eigenvalue weighted by Crippen LogP contribution is 2.43. The van der Waals surface area contributed by atoms with Crippen LogP contribution in [0.15, 0.2) is 24.4 Å². The highest BCUT2D eigenvalue weighted by Gasteiger charge is 2.50. The molecule has 4 fully saturated rings. The fourth-order valence-corrected chi connectivity index (χ4v) is 8.59. The molecule has 1 aliphatic carbocycles. The molecule has 14 nitrogen and oxygen atoms in total. The quantitative estimate of drug-likeness (QED) is 0.394. The normalized spacial score (nSPS) is 22.4. The Morgan fingerprint density at radius 1 is 0.963 bits per heavy atom. The lowest BCUT2D eigenvalue weighted by Gasteiger charge is -2.57. The van der Waals surface area contributed by atoms with Gasteiger partial charge in [-0.05, 0) is 82.9 Å². The van der Waals surface area contributed by atoms with Gasteiger partial charge in [0.1, 0.15) is 17.0 Å². The minimum absolute atomic E-state index is 0.153. The Hall–Kier alpha value is -4.31. The van der Waals surface area contributed by atoms with Crippen molar-refractivity contribution in [1.82, 2.24) is 30.2 Å². The van der Waals surface area contributed by atoms with Gasteiger partial charge < -0.3 is 29.5 Å². The standard InChI is InChI=1S/C38H53F2N9O5/c1-36(2,3)54-35(52)46-18-14-37(15-19-46)22-47(23-37)26-12-16-48(17-13-26)44-32(50)25-10-11-28(30(20-25)53-5)42-34-41-21-29-31(43-34)49(27-8-6-7-9-27)24-38(39,40)33(51)45(29)4/h10-11,20-21,26-27H,6-9,12-19,22-24H2,1-5H3,(H,44,50)(H,41,42,43). The molecule has 3 saturated heterocycles. The van der Waals surface area contributed by atoms with Crippen LogP contribution in [0, 0.1) is 5.41 Å². The van der Waals surface area contributed by atoms with E-state index in [9.17, 15) is 14.4 Å². The first-order valence-electron chi connectivity index (χ1n) is 19.2. The number of fused-ring (bicyclic) bond motifs is 1. The molecule has 3 amide bonds. The molecule has 0 atom stereocenters. The molecule has 5 aliphatic rings. The van der Waals surface area contributed by atoms with Crippen LogP contribution in [0.4, 0.5) is 36.7 Å². The van der Waals surface area contributed by atoms with Crippen molar-refractivity contribution >= 4 is 41.0 Å². The molecule has 0 unspecified atom stereocenters. The van der Waals surface area contributed by atoms with Gasteiger partial charge in [0.25, 0.3) is 11.8 Å². The van der Waals surface area contributed by atoms with Gasteiger partial charge in [0, 0.05) is 64.0 Å². The SMILES string of the molecule is COc1cc(C(=O)NN2CCC(N3CC4(CCN(C(=O)OC(C)(C)C)CC4)C3)CC2)ccc1Nc1ncc2c(n1)N(C1CCCC1)CC(F)(F)C(=O)N2C. The molecule has 4 aliphatic heterocycles. The fourth-order valence-electron chi connectivity index (χ4n) is 8.59. The minimum Gasteiger partial charge on any atom is -0.495 e. The number of ether oxygens (including phenoxy) is 2. The van der Waals surface area contributed by atoms with Crippen molar-refractivity contribution in [2.75, 3.05) is 75.1 Å². The van der Waals surface area contributed by atoms with E-state index in [4.69, 9.17) is 9.47 Å². The largest absolute Gasteiger partial charge is 0.495 e. The number of carbonyl (C=O) groups is 3. The van der Waals surface area contributed by atoms with Crippen molar-refractivity contribution in [1.29, 1.82) is 0 Å². The first-order chi connectivity index (χ1) is 25.6. The van der Waals surface area contributed by atoms with Gasteiger partial charge >= 0.3 is 12.0 Å². The van der Waals surface area contributed by atoms with E-state index < -0.39 is 24.0 Å². The second-order valence-corrected chi connectivity index (χ2v) is 16.6. The summed E-state index contributed by atoms with van der Waals surface area (Å²) < 4.78 is 41.2. The molecule has 1 spiro atoms. The topological polar surface area (TPSA) is 136 Å². The number of nitrogens with one attached hydrogen (secondary N) is 2. The lowest BCUT2D eigenvalue weighted by Crippen LogP contribution is -2.65.